The third-order valence-corrected chi connectivity index (χ3v) is 3.51. The van der Waals surface area contributed by atoms with Crippen molar-refractivity contribution in [3.63, 3.8) is 0 Å². The fourth-order valence-electron chi connectivity index (χ4n) is 2.10. The molecular weight excluding hydrogens is 316 g/mol. The monoisotopic (exact) mass is 328 g/mol. The summed E-state index contributed by atoms with van der Waals surface area (Å²) in [6.45, 7) is 1.96. The molecule has 0 fully saturated rings. The quantitative estimate of drug-likeness (QED) is 0.695. The maximum absolute atomic E-state index is 6.00. The molecule has 0 spiro atoms. The Morgan fingerprint density at radius 2 is 1.90 bits per heavy atom. The normalized spacial score (nSPS) is 10.7. The van der Waals surface area contributed by atoms with Gasteiger partial charge in [-0.3, -0.25) is 0 Å². The smallest absolute Gasteiger partial charge is 0.219 e. The average molecular weight is 329 g/mol. The van der Waals surface area contributed by atoms with E-state index in [1.54, 1.807) is 0 Å². The van der Waals surface area contributed by atoms with Crippen molar-refractivity contribution in [2.45, 2.75) is 6.92 Å². The van der Waals surface area contributed by atoms with Crippen LogP contribution in [0.5, 0.6) is 11.6 Å². The maximum atomic E-state index is 6.00. The number of aryl methyl sites for hydroxylation is 1. The van der Waals surface area contributed by atoms with Crippen LogP contribution in [0.2, 0.25) is 0 Å². The van der Waals surface area contributed by atoms with Crippen molar-refractivity contribution in [3.05, 3.63) is 58.6 Å². The number of nitrogen functional groups attached to an aromatic ring is 1. The Kier molecular flexibility index (Phi) is 3.32. The molecular formula is C16H13BrN2O. The molecule has 0 radical (unpaired) electrons. The van der Waals surface area contributed by atoms with Gasteiger partial charge in [0, 0.05) is 15.9 Å². The van der Waals surface area contributed by atoms with Gasteiger partial charge in [-0.15, -0.1) is 0 Å². The van der Waals surface area contributed by atoms with Crippen molar-refractivity contribution in [3.8, 4) is 11.6 Å². The van der Waals surface area contributed by atoms with E-state index in [0.29, 0.717) is 17.3 Å². The molecule has 0 aliphatic rings. The van der Waals surface area contributed by atoms with E-state index in [-0.39, 0.29) is 0 Å². The molecule has 0 saturated heterocycles. The van der Waals surface area contributed by atoms with Gasteiger partial charge in [-0.1, -0.05) is 34.1 Å². The maximum Gasteiger partial charge on any atom is 0.219 e. The van der Waals surface area contributed by atoms with Gasteiger partial charge in [-0.25, -0.2) is 4.98 Å². The number of anilines is 1. The number of hydrogen-bond donors (Lipinski definition) is 1. The van der Waals surface area contributed by atoms with E-state index < -0.39 is 0 Å². The van der Waals surface area contributed by atoms with Crippen molar-refractivity contribution in [2.75, 3.05) is 5.73 Å². The molecule has 0 bridgehead atoms. The lowest BCUT2D eigenvalue weighted by atomic mass is 10.2. The number of halogens is 1. The molecule has 2 aromatic carbocycles. The summed E-state index contributed by atoms with van der Waals surface area (Å²) in [4.78, 5) is 4.49. The van der Waals surface area contributed by atoms with Crippen LogP contribution >= 0.6 is 15.9 Å². The Morgan fingerprint density at radius 1 is 1.10 bits per heavy atom. The molecule has 0 saturated carbocycles. The first-order valence-corrected chi connectivity index (χ1v) is 7.02. The standard InChI is InChI=1S/C16H13BrN2O/c1-10-8-12(17)9-13(18)16(10)20-15-7-6-11-4-2-3-5-14(11)19-15/h2-9H,18H2,1H3. The van der Waals surface area contributed by atoms with Crippen molar-refractivity contribution in [2.24, 2.45) is 0 Å². The van der Waals surface area contributed by atoms with E-state index in [1.807, 2.05) is 55.5 Å². The zero-order valence-corrected chi connectivity index (χ0v) is 12.5. The van der Waals surface area contributed by atoms with Gasteiger partial charge >= 0.3 is 0 Å². The molecule has 0 atom stereocenters. The molecule has 0 amide bonds. The predicted octanol–water partition coefficient (Wildman–Crippen LogP) is 4.68. The molecule has 1 heterocycles. The van der Waals surface area contributed by atoms with Crippen molar-refractivity contribution >= 4 is 32.5 Å². The fourth-order valence-corrected chi connectivity index (χ4v) is 2.69. The lowest BCUT2D eigenvalue weighted by Gasteiger charge is -2.11. The van der Waals surface area contributed by atoms with Gasteiger partial charge in [0.2, 0.25) is 5.88 Å². The lowest BCUT2D eigenvalue weighted by Crippen LogP contribution is -1.96. The van der Waals surface area contributed by atoms with E-state index in [9.17, 15) is 0 Å². The molecule has 3 nitrogen and oxygen atoms in total. The highest BCUT2D eigenvalue weighted by molar-refractivity contribution is 9.10. The number of rotatable bonds is 2. The summed E-state index contributed by atoms with van der Waals surface area (Å²) in [5.41, 5.74) is 8.46. The molecule has 1 aromatic heterocycles. The van der Waals surface area contributed by atoms with Crippen LogP contribution in [0.4, 0.5) is 5.69 Å². The molecule has 20 heavy (non-hydrogen) atoms. The first-order chi connectivity index (χ1) is 9.63. The molecule has 0 aliphatic heterocycles. The second-order valence-electron chi connectivity index (χ2n) is 4.59. The number of nitrogens with zero attached hydrogens (tertiary/aromatic N) is 1. The van der Waals surface area contributed by atoms with Crippen LogP contribution in [0.15, 0.2) is 53.0 Å². The Labute approximate surface area is 125 Å². The Hall–Kier alpha value is -2.07. The Bertz CT molecular complexity index is 763. The zero-order chi connectivity index (χ0) is 14.1. The van der Waals surface area contributed by atoms with Gasteiger partial charge in [0.1, 0.15) is 0 Å². The summed E-state index contributed by atoms with van der Waals surface area (Å²) in [6, 6.07) is 15.5. The van der Waals surface area contributed by atoms with Crippen LogP contribution in [-0.2, 0) is 0 Å². The molecule has 0 unspecified atom stereocenters. The van der Waals surface area contributed by atoms with Crippen LogP contribution < -0.4 is 10.5 Å². The van der Waals surface area contributed by atoms with Crippen molar-refractivity contribution < 1.29 is 4.74 Å². The molecule has 3 aromatic rings. The molecule has 3 rings (SSSR count). The number of pyridine rings is 1. The lowest BCUT2D eigenvalue weighted by molar-refractivity contribution is 0.464. The van der Waals surface area contributed by atoms with Crippen LogP contribution in [0.1, 0.15) is 5.56 Å². The highest BCUT2D eigenvalue weighted by Crippen LogP contribution is 2.33. The number of fused-ring (bicyclic) bond motifs is 1. The van der Waals surface area contributed by atoms with E-state index in [2.05, 4.69) is 20.9 Å². The highest BCUT2D eigenvalue weighted by atomic mass is 79.9. The van der Waals surface area contributed by atoms with Gasteiger partial charge < -0.3 is 10.5 Å². The van der Waals surface area contributed by atoms with Crippen LogP contribution in [-0.4, -0.2) is 4.98 Å². The van der Waals surface area contributed by atoms with Gasteiger partial charge in [-0.2, -0.15) is 0 Å². The Morgan fingerprint density at radius 3 is 2.70 bits per heavy atom. The van der Waals surface area contributed by atoms with E-state index >= 15 is 0 Å². The van der Waals surface area contributed by atoms with Crippen LogP contribution in [0.25, 0.3) is 10.9 Å². The van der Waals surface area contributed by atoms with Gasteiger partial charge in [0.05, 0.1) is 11.2 Å². The van der Waals surface area contributed by atoms with E-state index in [0.717, 1.165) is 20.9 Å². The van der Waals surface area contributed by atoms with Gasteiger partial charge in [0.25, 0.3) is 0 Å². The van der Waals surface area contributed by atoms with Crippen molar-refractivity contribution in [1.82, 2.24) is 4.98 Å². The van der Waals surface area contributed by atoms with Crippen molar-refractivity contribution in [1.29, 1.82) is 0 Å². The molecule has 0 aliphatic carbocycles. The average Bonchev–Trinajstić information content (AvgIpc) is 2.42. The summed E-state index contributed by atoms with van der Waals surface area (Å²) in [5.74, 6) is 1.19. The number of hydrogen-bond acceptors (Lipinski definition) is 3. The minimum atomic E-state index is 0.542. The number of aromatic nitrogens is 1. The first-order valence-electron chi connectivity index (χ1n) is 6.23. The minimum Gasteiger partial charge on any atom is -0.437 e. The molecule has 4 heteroatoms. The fraction of sp³-hybridized carbons (Fsp3) is 0.0625. The van der Waals surface area contributed by atoms with E-state index in [1.165, 1.54) is 0 Å². The number of nitrogens with two attached hydrogens (primary N) is 1. The second-order valence-corrected chi connectivity index (χ2v) is 5.50. The SMILES string of the molecule is Cc1cc(Br)cc(N)c1Oc1ccc2ccccc2n1. The third-order valence-electron chi connectivity index (χ3n) is 3.05. The molecule has 2 N–H and O–H groups in total. The predicted molar refractivity (Wildman–Crippen MR) is 85.1 cm³/mol. The van der Waals surface area contributed by atoms with Crippen LogP contribution in [0, 0.1) is 6.92 Å². The number of ether oxygens (including phenoxy) is 1. The van der Waals surface area contributed by atoms with Gasteiger partial charge in [-0.05, 0) is 36.8 Å². The summed E-state index contributed by atoms with van der Waals surface area (Å²) in [7, 11) is 0. The van der Waals surface area contributed by atoms with Gasteiger partial charge in [0.15, 0.2) is 5.75 Å². The summed E-state index contributed by atoms with van der Waals surface area (Å²) in [6.07, 6.45) is 0. The summed E-state index contributed by atoms with van der Waals surface area (Å²) >= 11 is 3.41. The summed E-state index contributed by atoms with van der Waals surface area (Å²) in [5, 5.41) is 1.08. The second kappa shape index (κ2) is 5.13. The highest BCUT2D eigenvalue weighted by Gasteiger charge is 2.09. The first kappa shape index (κ1) is 12.9. The Balaban J connectivity index is 2.01. The van der Waals surface area contributed by atoms with E-state index in [4.69, 9.17) is 10.5 Å². The summed E-state index contributed by atoms with van der Waals surface area (Å²) < 4.78 is 6.78. The topological polar surface area (TPSA) is 48.1 Å². The number of para-hydroxylation sites is 1. The van der Waals surface area contributed by atoms with Crippen LogP contribution in [0.3, 0.4) is 0 Å². The largest absolute Gasteiger partial charge is 0.437 e. The third kappa shape index (κ3) is 2.47. The number of benzene rings is 2. The molecule has 100 valence electrons. The minimum absolute atomic E-state index is 0.542. The zero-order valence-electron chi connectivity index (χ0n) is 10.9.